The van der Waals surface area contributed by atoms with Gasteiger partial charge in [0.25, 0.3) is 0 Å². The zero-order chi connectivity index (χ0) is 10.3. The molecule has 1 fully saturated rings. The lowest BCUT2D eigenvalue weighted by atomic mass is 10.3. The summed E-state index contributed by atoms with van der Waals surface area (Å²) in [5.74, 6) is 2.73. The fourth-order valence-electron chi connectivity index (χ4n) is 1.88. The van der Waals surface area contributed by atoms with E-state index in [0.29, 0.717) is 5.92 Å². The summed E-state index contributed by atoms with van der Waals surface area (Å²) in [6, 6.07) is 10.3. The highest BCUT2D eigenvalue weighted by Gasteiger charge is 2.29. The maximum atomic E-state index is 4.27. The molecule has 15 heavy (non-hydrogen) atoms. The summed E-state index contributed by atoms with van der Waals surface area (Å²) in [4.78, 5) is 0. The number of benzene rings is 1. The van der Waals surface area contributed by atoms with Crippen LogP contribution in [0.2, 0.25) is 0 Å². The third-order valence-corrected chi connectivity index (χ3v) is 2.81. The van der Waals surface area contributed by atoms with E-state index in [1.54, 1.807) is 0 Å². The average molecular weight is 199 g/mol. The van der Waals surface area contributed by atoms with Gasteiger partial charge >= 0.3 is 0 Å². The van der Waals surface area contributed by atoms with E-state index >= 15 is 0 Å². The van der Waals surface area contributed by atoms with Gasteiger partial charge in [0.2, 0.25) is 0 Å². The van der Waals surface area contributed by atoms with Gasteiger partial charge in [-0.1, -0.05) is 18.2 Å². The van der Waals surface area contributed by atoms with Crippen LogP contribution < -0.4 is 0 Å². The lowest BCUT2D eigenvalue weighted by Crippen LogP contribution is -2.01. The zero-order valence-electron chi connectivity index (χ0n) is 8.72. The number of nitrogens with zero attached hydrogens (tertiary/aromatic N) is 3. The first kappa shape index (κ1) is 8.65. The molecular formula is C12H13N3. The van der Waals surface area contributed by atoms with Gasteiger partial charge in [0.15, 0.2) is 0 Å². The second kappa shape index (κ2) is 3.19. The Bertz CT molecular complexity index is 469. The van der Waals surface area contributed by atoms with Crippen LogP contribution in [-0.2, 0) is 0 Å². The van der Waals surface area contributed by atoms with Crippen LogP contribution in [0.1, 0.15) is 30.4 Å². The van der Waals surface area contributed by atoms with Crippen molar-refractivity contribution in [1.29, 1.82) is 0 Å². The summed E-state index contributed by atoms with van der Waals surface area (Å²) in [6.45, 7) is 2.01. The topological polar surface area (TPSA) is 30.7 Å². The van der Waals surface area contributed by atoms with Gasteiger partial charge in [0.1, 0.15) is 11.6 Å². The molecule has 76 valence electrons. The summed E-state index contributed by atoms with van der Waals surface area (Å²) in [5.41, 5.74) is 1.17. The first-order chi connectivity index (χ1) is 7.36. The van der Waals surface area contributed by atoms with Crippen molar-refractivity contribution in [3.05, 3.63) is 42.0 Å². The number of hydrogen-bond acceptors (Lipinski definition) is 2. The van der Waals surface area contributed by atoms with Crippen molar-refractivity contribution in [2.45, 2.75) is 25.7 Å². The van der Waals surface area contributed by atoms with Gasteiger partial charge < -0.3 is 0 Å². The van der Waals surface area contributed by atoms with Crippen LogP contribution in [0.3, 0.4) is 0 Å². The zero-order valence-corrected chi connectivity index (χ0v) is 8.72. The van der Waals surface area contributed by atoms with E-state index in [0.717, 1.165) is 11.6 Å². The molecule has 1 aromatic carbocycles. The second-order valence-electron chi connectivity index (χ2n) is 4.05. The van der Waals surface area contributed by atoms with E-state index in [-0.39, 0.29) is 0 Å². The molecule has 1 aromatic heterocycles. The molecule has 0 aliphatic heterocycles. The normalized spacial score (nSPS) is 15.5. The second-order valence-corrected chi connectivity index (χ2v) is 4.05. The Balaban J connectivity index is 2.13. The Morgan fingerprint density at radius 3 is 2.53 bits per heavy atom. The number of aromatic nitrogens is 3. The van der Waals surface area contributed by atoms with Gasteiger partial charge in [-0.2, -0.15) is 0 Å². The molecule has 1 aliphatic carbocycles. The van der Waals surface area contributed by atoms with E-state index < -0.39 is 0 Å². The Labute approximate surface area is 88.8 Å². The average Bonchev–Trinajstić information content (AvgIpc) is 3.04. The fourth-order valence-corrected chi connectivity index (χ4v) is 1.88. The van der Waals surface area contributed by atoms with Gasteiger partial charge in [-0.15, -0.1) is 10.2 Å². The Kier molecular flexibility index (Phi) is 1.84. The number of hydrogen-bond donors (Lipinski definition) is 0. The molecule has 3 rings (SSSR count). The van der Waals surface area contributed by atoms with Crippen LogP contribution >= 0.6 is 0 Å². The maximum Gasteiger partial charge on any atom is 0.140 e. The Morgan fingerprint density at radius 2 is 1.87 bits per heavy atom. The van der Waals surface area contributed by atoms with Crippen molar-refractivity contribution in [2.75, 3.05) is 0 Å². The summed E-state index contributed by atoms with van der Waals surface area (Å²) in [6.07, 6.45) is 2.51. The summed E-state index contributed by atoms with van der Waals surface area (Å²) in [5, 5.41) is 8.43. The van der Waals surface area contributed by atoms with Gasteiger partial charge in [0, 0.05) is 11.6 Å². The van der Waals surface area contributed by atoms with Gasteiger partial charge in [-0.05, 0) is 31.9 Å². The molecule has 0 amide bonds. The molecule has 1 saturated carbocycles. The van der Waals surface area contributed by atoms with Crippen LogP contribution in [0, 0.1) is 6.92 Å². The first-order valence-corrected chi connectivity index (χ1v) is 5.33. The quantitative estimate of drug-likeness (QED) is 0.743. The van der Waals surface area contributed by atoms with Crippen molar-refractivity contribution in [2.24, 2.45) is 0 Å². The third kappa shape index (κ3) is 1.44. The van der Waals surface area contributed by atoms with Gasteiger partial charge in [-0.3, -0.25) is 4.57 Å². The molecule has 0 bridgehead atoms. The van der Waals surface area contributed by atoms with Crippen molar-refractivity contribution < 1.29 is 0 Å². The Morgan fingerprint density at radius 1 is 1.13 bits per heavy atom. The standard InChI is InChI=1S/C12H13N3/c1-9-13-14-12(10-7-8-10)15(9)11-5-3-2-4-6-11/h2-6,10H,7-8H2,1H3. The summed E-state index contributed by atoms with van der Waals surface area (Å²) in [7, 11) is 0. The highest BCUT2D eigenvalue weighted by Crippen LogP contribution is 2.39. The monoisotopic (exact) mass is 199 g/mol. The van der Waals surface area contributed by atoms with Gasteiger partial charge in [0.05, 0.1) is 0 Å². The third-order valence-electron chi connectivity index (χ3n) is 2.81. The predicted octanol–water partition coefficient (Wildman–Crippen LogP) is 2.45. The predicted molar refractivity (Wildman–Crippen MR) is 58.1 cm³/mol. The molecule has 1 aliphatic rings. The highest BCUT2D eigenvalue weighted by molar-refractivity contribution is 5.35. The van der Waals surface area contributed by atoms with Gasteiger partial charge in [-0.25, -0.2) is 0 Å². The molecule has 0 atom stereocenters. The molecule has 0 saturated heterocycles. The molecule has 0 spiro atoms. The largest absolute Gasteiger partial charge is 0.283 e. The van der Waals surface area contributed by atoms with Crippen molar-refractivity contribution in [3.63, 3.8) is 0 Å². The first-order valence-electron chi connectivity index (χ1n) is 5.33. The van der Waals surface area contributed by atoms with E-state index in [2.05, 4.69) is 26.9 Å². The maximum absolute atomic E-state index is 4.27. The molecule has 0 unspecified atom stereocenters. The van der Waals surface area contributed by atoms with Crippen LogP contribution in [-0.4, -0.2) is 14.8 Å². The van der Waals surface area contributed by atoms with Crippen LogP contribution in [0.5, 0.6) is 0 Å². The molecule has 0 N–H and O–H groups in total. The van der Waals surface area contributed by atoms with Crippen LogP contribution in [0.25, 0.3) is 5.69 Å². The molecule has 0 radical (unpaired) electrons. The minimum absolute atomic E-state index is 0.631. The lowest BCUT2D eigenvalue weighted by molar-refractivity contribution is 0.861. The minimum atomic E-state index is 0.631. The minimum Gasteiger partial charge on any atom is -0.283 e. The van der Waals surface area contributed by atoms with Crippen molar-refractivity contribution >= 4 is 0 Å². The molecule has 3 heteroatoms. The van der Waals surface area contributed by atoms with E-state index in [1.807, 2.05) is 25.1 Å². The molecule has 1 heterocycles. The van der Waals surface area contributed by atoms with Crippen LogP contribution in [0.4, 0.5) is 0 Å². The smallest absolute Gasteiger partial charge is 0.140 e. The number of para-hydroxylation sites is 1. The summed E-state index contributed by atoms with van der Waals surface area (Å²) < 4.78 is 2.16. The number of aryl methyl sites for hydroxylation is 1. The molecular weight excluding hydrogens is 186 g/mol. The van der Waals surface area contributed by atoms with Crippen molar-refractivity contribution in [3.8, 4) is 5.69 Å². The summed E-state index contributed by atoms with van der Waals surface area (Å²) >= 11 is 0. The SMILES string of the molecule is Cc1nnc(C2CC2)n1-c1ccccc1. The fraction of sp³-hybridized carbons (Fsp3) is 0.333. The molecule has 2 aromatic rings. The van der Waals surface area contributed by atoms with Crippen LogP contribution in [0.15, 0.2) is 30.3 Å². The molecule has 3 nitrogen and oxygen atoms in total. The number of rotatable bonds is 2. The van der Waals surface area contributed by atoms with E-state index in [4.69, 9.17) is 0 Å². The van der Waals surface area contributed by atoms with E-state index in [1.165, 1.54) is 18.5 Å². The lowest BCUT2D eigenvalue weighted by Gasteiger charge is -2.07. The Hall–Kier alpha value is -1.64. The van der Waals surface area contributed by atoms with E-state index in [9.17, 15) is 0 Å². The van der Waals surface area contributed by atoms with Crippen molar-refractivity contribution in [1.82, 2.24) is 14.8 Å². The highest BCUT2D eigenvalue weighted by atomic mass is 15.3.